The van der Waals surface area contributed by atoms with E-state index in [0.717, 1.165) is 18.2 Å². The molecule has 238 valence electrons. The van der Waals surface area contributed by atoms with Crippen LogP contribution in [0.5, 0.6) is 11.5 Å². The van der Waals surface area contributed by atoms with E-state index in [9.17, 15) is 43.9 Å². The average Bonchev–Trinajstić information content (AvgIpc) is 3.39. The predicted octanol–water partition coefficient (Wildman–Crippen LogP) is -0.954. The number of aromatic hydroxyl groups is 2. The van der Waals surface area contributed by atoms with E-state index in [2.05, 4.69) is 15.3 Å². The van der Waals surface area contributed by atoms with Crippen molar-refractivity contribution in [2.24, 2.45) is 10.9 Å². The number of ether oxygens (including phenoxy) is 1. The number of nitrogens with one attached hydrogen (secondary N) is 3. The number of carbonyl (C=O) groups excluding carboxylic acids is 1. The number of amidine groups is 1. The number of benzene rings is 3. The summed E-state index contributed by atoms with van der Waals surface area (Å²) in [6.45, 7) is 0. The Balaban J connectivity index is 1.55. The van der Waals surface area contributed by atoms with Gasteiger partial charge in [0.1, 0.15) is 35.4 Å². The number of aromatic amines is 1. The Morgan fingerprint density at radius 1 is 1.09 bits per heavy atom. The van der Waals surface area contributed by atoms with Crippen LogP contribution < -0.4 is 16.2 Å². The summed E-state index contributed by atoms with van der Waals surface area (Å²) < 4.78 is 29.2. The molecule has 1 fully saturated rings. The third-order valence-corrected chi connectivity index (χ3v) is 8.22. The molecule has 5 unspecified atom stereocenters. The molecule has 2 heterocycles. The molecule has 0 spiro atoms. The van der Waals surface area contributed by atoms with Gasteiger partial charge in [-0.3, -0.25) is 10.2 Å². The molecule has 0 saturated carbocycles. The van der Waals surface area contributed by atoms with Crippen LogP contribution in [0.3, 0.4) is 0 Å². The number of amides is 1. The Hall–Kier alpha value is -4.62. The standard InChI is InChI=1S/C28H30N6O10S/c29-25(30)12-1-3-17-18(8-12)33-26(32-17)16-6-11(7-22(37)34-27(40)21-10-20(36)24(39)28(41)44-21)5-15(23(16)38)14-9-13(45(31,42)43)2-4-19(14)35/h1-6,8-9,20-21,24,27-28,35-36,38-41H,7,10H2,(H3,29,30)(H,32,33)(H,34,37)(H2,31,42,43). The molecule has 16 nitrogen and oxygen atoms in total. The first-order valence-corrected chi connectivity index (χ1v) is 14.9. The number of nitrogen functional groups attached to an aromatic ring is 1. The quantitative estimate of drug-likeness (QED) is 0.0630. The number of aromatic nitrogens is 2. The van der Waals surface area contributed by atoms with Crippen LogP contribution in [0.15, 0.2) is 53.4 Å². The van der Waals surface area contributed by atoms with E-state index >= 15 is 0 Å². The van der Waals surface area contributed by atoms with Gasteiger partial charge in [-0.15, -0.1) is 0 Å². The number of primary sulfonamides is 1. The van der Waals surface area contributed by atoms with Gasteiger partial charge in [0.25, 0.3) is 0 Å². The lowest BCUT2D eigenvalue weighted by Crippen LogP contribution is -2.55. The summed E-state index contributed by atoms with van der Waals surface area (Å²) in [4.78, 5) is 20.1. The highest BCUT2D eigenvalue weighted by Crippen LogP contribution is 2.43. The van der Waals surface area contributed by atoms with Crippen molar-refractivity contribution in [2.45, 2.75) is 48.6 Å². The van der Waals surface area contributed by atoms with Crippen molar-refractivity contribution in [2.75, 3.05) is 0 Å². The van der Waals surface area contributed by atoms with Gasteiger partial charge in [0.2, 0.25) is 15.9 Å². The van der Waals surface area contributed by atoms with Crippen LogP contribution in [0.4, 0.5) is 0 Å². The number of phenols is 2. The van der Waals surface area contributed by atoms with Crippen LogP contribution in [0.2, 0.25) is 0 Å². The van der Waals surface area contributed by atoms with Crippen molar-refractivity contribution in [3.63, 3.8) is 0 Å². The van der Waals surface area contributed by atoms with Crippen molar-refractivity contribution >= 4 is 32.8 Å². The van der Waals surface area contributed by atoms with Crippen molar-refractivity contribution < 1.29 is 48.6 Å². The van der Waals surface area contributed by atoms with Gasteiger partial charge < -0.3 is 51.4 Å². The minimum absolute atomic E-state index is 0.0488. The molecule has 1 aliphatic rings. The van der Waals surface area contributed by atoms with E-state index in [1.165, 1.54) is 12.1 Å². The maximum atomic E-state index is 13.0. The topological polar surface area (TPSA) is 298 Å². The molecule has 3 aromatic carbocycles. The Morgan fingerprint density at radius 3 is 2.47 bits per heavy atom. The lowest BCUT2D eigenvalue weighted by atomic mass is 9.95. The van der Waals surface area contributed by atoms with Crippen LogP contribution in [0.25, 0.3) is 33.5 Å². The number of aliphatic hydroxyl groups excluding tert-OH is 4. The first-order valence-electron chi connectivity index (χ1n) is 13.4. The second-order valence-corrected chi connectivity index (χ2v) is 12.1. The molecule has 4 aromatic rings. The highest BCUT2D eigenvalue weighted by atomic mass is 32.2. The maximum absolute atomic E-state index is 13.0. The molecule has 1 aliphatic heterocycles. The number of hydrogen-bond donors (Lipinski definition) is 11. The fourth-order valence-corrected chi connectivity index (χ4v) is 5.51. The van der Waals surface area contributed by atoms with Crippen LogP contribution in [0.1, 0.15) is 17.5 Å². The van der Waals surface area contributed by atoms with Gasteiger partial charge in [-0.2, -0.15) is 0 Å². The molecule has 1 saturated heterocycles. The zero-order chi connectivity index (χ0) is 32.8. The molecule has 5 rings (SSSR count). The summed E-state index contributed by atoms with van der Waals surface area (Å²) in [5.74, 6) is -1.68. The summed E-state index contributed by atoms with van der Waals surface area (Å²) in [5, 5.41) is 77.1. The highest BCUT2D eigenvalue weighted by Gasteiger charge is 2.39. The van der Waals surface area contributed by atoms with Gasteiger partial charge in [-0.1, -0.05) is 0 Å². The number of imidazole rings is 1. The monoisotopic (exact) mass is 642 g/mol. The number of rotatable bonds is 8. The van der Waals surface area contributed by atoms with E-state index in [1.54, 1.807) is 18.2 Å². The third kappa shape index (κ3) is 6.59. The number of H-pyrrole nitrogens is 1. The number of aliphatic hydroxyl groups is 4. The molecule has 5 atom stereocenters. The third-order valence-electron chi connectivity index (χ3n) is 7.30. The van der Waals surface area contributed by atoms with Gasteiger partial charge >= 0.3 is 0 Å². The van der Waals surface area contributed by atoms with Gasteiger partial charge in [-0.05, 0) is 54.1 Å². The number of sulfonamides is 1. The van der Waals surface area contributed by atoms with Crippen molar-refractivity contribution in [1.82, 2.24) is 15.3 Å². The molecule has 1 amide bonds. The Bertz CT molecular complexity index is 1900. The average molecular weight is 643 g/mol. The summed E-state index contributed by atoms with van der Waals surface area (Å²) in [7, 11) is -4.21. The SMILES string of the molecule is N=C(N)c1ccc2nc(-c3cc(CC(=O)NC(O)C4CC(O)C(O)C(O)O4)cc(-c4cc(S(N)(=O)=O)ccc4O)c3O)[nH]c2c1. The van der Waals surface area contributed by atoms with E-state index in [-0.39, 0.29) is 45.2 Å². The Morgan fingerprint density at radius 2 is 1.80 bits per heavy atom. The van der Waals surface area contributed by atoms with E-state index in [4.69, 9.17) is 21.0 Å². The number of phenolic OH excluding ortho intramolecular Hbond substituents is 2. The van der Waals surface area contributed by atoms with Gasteiger partial charge in [0.05, 0.1) is 34.0 Å². The minimum Gasteiger partial charge on any atom is -0.507 e. The van der Waals surface area contributed by atoms with Gasteiger partial charge in [0.15, 0.2) is 12.5 Å². The Labute approximate surface area is 255 Å². The summed E-state index contributed by atoms with van der Waals surface area (Å²) in [6.07, 6.45) is -8.44. The molecule has 13 N–H and O–H groups in total. The maximum Gasteiger partial charge on any atom is 0.238 e. The lowest BCUT2D eigenvalue weighted by molar-refractivity contribution is -0.264. The van der Waals surface area contributed by atoms with Crippen molar-refractivity contribution in [3.05, 3.63) is 59.7 Å². The van der Waals surface area contributed by atoms with E-state index in [1.807, 2.05) is 0 Å². The smallest absolute Gasteiger partial charge is 0.238 e. The second-order valence-electron chi connectivity index (χ2n) is 10.5. The number of carbonyl (C=O) groups is 1. The number of nitrogens with zero attached hydrogens (tertiary/aromatic N) is 1. The lowest BCUT2D eigenvalue weighted by Gasteiger charge is -2.36. The number of fused-ring (bicyclic) bond motifs is 1. The fraction of sp³-hybridized carbons (Fsp3) is 0.250. The normalized spacial score (nSPS) is 21.0. The van der Waals surface area contributed by atoms with Gasteiger partial charge in [-0.25, -0.2) is 18.5 Å². The van der Waals surface area contributed by atoms with Crippen LogP contribution in [-0.2, 0) is 26.0 Å². The van der Waals surface area contributed by atoms with Crippen LogP contribution in [0, 0.1) is 5.41 Å². The first-order chi connectivity index (χ1) is 21.1. The van der Waals surface area contributed by atoms with E-state index < -0.39 is 64.7 Å². The van der Waals surface area contributed by atoms with Crippen LogP contribution >= 0.6 is 0 Å². The molecular weight excluding hydrogens is 612 g/mol. The molecule has 45 heavy (non-hydrogen) atoms. The fourth-order valence-electron chi connectivity index (χ4n) is 4.97. The van der Waals surface area contributed by atoms with Gasteiger partial charge in [0, 0.05) is 23.1 Å². The first kappa shape index (κ1) is 31.8. The van der Waals surface area contributed by atoms with E-state index in [0.29, 0.717) is 16.6 Å². The number of hydrogen-bond acceptors (Lipinski definition) is 12. The summed E-state index contributed by atoms with van der Waals surface area (Å²) >= 11 is 0. The van der Waals surface area contributed by atoms with Crippen molar-refractivity contribution in [1.29, 1.82) is 5.41 Å². The summed E-state index contributed by atoms with van der Waals surface area (Å²) in [5.41, 5.74) is 6.96. The molecule has 17 heteroatoms. The highest BCUT2D eigenvalue weighted by molar-refractivity contribution is 7.89. The van der Waals surface area contributed by atoms with Crippen LogP contribution in [-0.4, -0.2) is 91.6 Å². The molecule has 0 aliphatic carbocycles. The predicted molar refractivity (Wildman–Crippen MR) is 158 cm³/mol. The zero-order valence-corrected chi connectivity index (χ0v) is 24.1. The molecule has 1 aromatic heterocycles. The zero-order valence-electron chi connectivity index (χ0n) is 23.2. The second kappa shape index (κ2) is 12.1. The summed E-state index contributed by atoms with van der Waals surface area (Å²) in [6, 6.07) is 10.7. The molecular formula is C28H30N6O10S. The molecule has 0 bridgehead atoms. The largest absolute Gasteiger partial charge is 0.507 e. The molecule has 0 radical (unpaired) electrons. The number of nitrogens with two attached hydrogens (primary N) is 2. The minimum atomic E-state index is -4.21. The Kier molecular flexibility index (Phi) is 8.51. The van der Waals surface area contributed by atoms with Crippen molar-refractivity contribution in [3.8, 4) is 34.0 Å².